The molecule has 92 valence electrons. The van der Waals surface area contributed by atoms with Crippen molar-refractivity contribution in [3.63, 3.8) is 0 Å². The Morgan fingerprint density at radius 3 is 3.00 bits per heavy atom. The summed E-state index contributed by atoms with van der Waals surface area (Å²) in [6.07, 6.45) is 7.42. The Balaban J connectivity index is 1.98. The Labute approximate surface area is 101 Å². The van der Waals surface area contributed by atoms with E-state index in [4.69, 9.17) is 0 Å². The number of aromatic nitrogens is 1. The third-order valence-electron chi connectivity index (χ3n) is 3.38. The number of hydrogen-bond donors (Lipinski definition) is 2. The molecule has 0 saturated heterocycles. The van der Waals surface area contributed by atoms with E-state index in [-0.39, 0.29) is 24.5 Å². The van der Waals surface area contributed by atoms with Gasteiger partial charge in [0.1, 0.15) is 0 Å². The van der Waals surface area contributed by atoms with Crippen LogP contribution in [0.3, 0.4) is 0 Å². The summed E-state index contributed by atoms with van der Waals surface area (Å²) in [5.74, 6) is 0.104. The molecule has 1 aromatic rings. The quantitative estimate of drug-likeness (QED) is 0.830. The van der Waals surface area contributed by atoms with Gasteiger partial charge in [0.25, 0.3) is 5.91 Å². The van der Waals surface area contributed by atoms with Gasteiger partial charge in [0.2, 0.25) is 0 Å². The number of amides is 1. The number of carbonyl (C=O) groups is 1. The molecule has 0 spiro atoms. The lowest BCUT2D eigenvalue weighted by molar-refractivity contribution is 0.0872. The average molecular weight is 234 g/mol. The molecule has 1 heterocycles. The number of rotatable bonds is 3. The fourth-order valence-corrected chi connectivity index (χ4v) is 2.37. The SMILES string of the molecule is O=C(N[C@H]1CCCC[C@H]1CO)c1cccnc1. The highest BCUT2D eigenvalue weighted by molar-refractivity contribution is 5.94. The minimum Gasteiger partial charge on any atom is -0.396 e. The van der Waals surface area contributed by atoms with E-state index in [1.807, 2.05) is 0 Å². The van der Waals surface area contributed by atoms with Gasteiger partial charge in [-0.25, -0.2) is 0 Å². The number of carbonyl (C=O) groups excluding carboxylic acids is 1. The predicted molar refractivity (Wildman–Crippen MR) is 64.5 cm³/mol. The zero-order valence-electron chi connectivity index (χ0n) is 9.80. The molecule has 2 rings (SSSR count). The highest BCUT2D eigenvalue weighted by Gasteiger charge is 2.25. The fraction of sp³-hybridized carbons (Fsp3) is 0.538. The number of aliphatic hydroxyl groups is 1. The summed E-state index contributed by atoms with van der Waals surface area (Å²) in [5, 5.41) is 12.3. The van der Waals surface area contributed by atoms with Crippen molar-refractivity contribution in [2.45, 2.75) is 31.7 Å². The second kappa shape index (κ2) is 5.77. The molecule has 0 radical (unpaired) electrons. The first-order chi connectivity index (χ1) is 8.31. The summed E-state index contributed by atoms with van der Waals surface area (Å²) in [6, 6.07) is 3.60. The minimum absolute atomic E-state index is 0.0940. The first-order valence-electron chi connectivity index (χ1n) is 6.13. The van der Waals surface area contributed by atoms with Crippen LogP contribution in [0.5, 0.6) is 0 Å². The van der Waals surface area contributed by atoms with Gasteiger partial charge < -0.3 is 10.4 Å². The number of pyridine rings is 1. The molecule has 0 bridgehead atoms. The molecule has 0 unspecified atom stereocenters. The normalized spacial score (nSPS) is 24.3. The summed E-state index contributed by atoms with van der Waals surface area (Å²) in [5.41, 5.74) is 0.578. The molecule has 1 aromatic heterocycles. The van der Waals surface area contributed by atoms with Crippen LogP contribution in [0.2, 0.25) is 0 Å². The molecule has 1 aliphatic rings. The molecule has 1 aliphatic carbocycles. The lowest BCUT2D eigenvalue weighted by Crippen LogP contribution is -2.43. The van der Waals surface area contributed by atoms with Crippen molar-refractivity contribution < 1.29 is 9.90 Å². The highest BCUT2D eigenvalue weighted by Crippen LogP contribution is 2.24. The molecule has 1 amide bonds. The van der Waals surface area contributed by atoms with Crippen LogP contribution in [-0.2, 0) is 0 Å². The van der Waals surface area contributed by atoms with Crippen LogP contribution in [0.15, 0.2) is 24.5 Å². The molecule has 2 atom stereocenters. The Hall–Kier alpha value is -1.42. The molecular formula is C13H18N2O2. The molecule has 17 heavy (non-hydrogen) atoms. The second-order valence-electron chi connectivity index (χ2n) is 4.55. The van der Waals surface area contributed by atoms with Gasteiger partial charge in [0, 0.05) is 31.0 Å². The van der Waals surface area contributed by atoms with Crippen LogP contribution in [0.1, 0.15) is 36.0 Å². The standard InChI is InChI=1S/C13H18N2O2/c16-9-11-4-1-2-6-12(11)15-13(17)10-5-3-7-14-8-10/h3,5,7-8,11-12,16H,1-2,4,6,9H2,(H,15,17)/t11-,12-/m0/s1. The molecule has 4 heteroatoms. The molecular weight excluding hydrogens is 216 g/mol. The Bertz CT molecular complexity index is 367. The second-order valence-corrected chi connectivity index (χ2v) is 4.55. The molecule has 1 fully saturated rings. The van der Waals surface area contributed by atoms with Gasteiger partial charge in [0.05, 0.1) is 5.56 Å². The van der Waals surface area contributed by atoms with Crippen molar-refractivity contribution in [1.82, 2.24) is 10.3 Å². The van der Waals surface area contributed by atoms with E-state index in [9.17, 15) is 9.90 Å². The van der Waals surface area contributed by atoms with Gasteiger partial charge >= 0.3 is 0 Å². The number of nitrogens with zero attached hydrogens (tertiary/aromatic N) is 1. The summed E-state index contributed by atoms with van der Waals surface area (Å²) < 4.78 is 0. The van der Waals surface area contributed by atoms with Crippen molar-refractivity contribution in [3.8, 4) is 0 Å². The monoisotopic (exact) mass is 234 g/mol. The molecule has 0 aromatic carbocycles. The van der Waals surface area contributed by atoms with Crippen LogP contribution >= 0.6 is 0 Å². The Morgan fingerprint density at radius 1 is 1.47 bits per heavy atom. The van der Waals surface area contributed by atoms with Crippen molar-refractivity contribution in [3.05, 3.63) is 30.1 Å². The van der Waals surface area contributed by atoms with Crippen molar-refractivity contribution in [2.75, 3.05) is 6.61 Å². The van der Waals surface area contributed by atoms with E-state index in [0.29, 0.717) is 5.56 Å². The first-order valence-corrected chi connectivity index (χ1v) is 6.13. The van der Waals surface area contributed by atoms with E-state index < -0.39 is 0 Å². The van der Waals surface area contributed by atoms with Gasteiger partial charge in [0.15, 0.2) is 0 Å². The highest BCUT2D eigenvalue weighted by atomic mass is 16.3. The Morgan fingerprint density at radius 2 is 2.29 bits per heavy atom. The lowest BCUT2D eigenvalue weighted by Gasteiger charge is -2.30. The van der Waals surface area contributed by atoms with E-state index in [0.717, 1.165) is 25.7 Å². The predicted octanol–water partition coefficient (Wildman–Crippen LogP) is 1.36. The van der Waals surface area contributed by atoms with Crippen LogP contribution in [0.25, 0.3) is 0 Å². The largest absolute Gasteiger partial charge is 0.396 e. The topological polar surface area (TPSA) is 62.2 Å². The fourth-order valence-electron chi connectivity index (χ4n) is 2.37. The van der Waals surface area contributed by atoms with E-state index in [2.05, 4.69) is 10.3 Å². The zero-order valence-corrected chi connectivity index (χ0v) is 9.80. The van der Waals surface area contributed by atoms with Crippen LogP contribution in [0.4, 0.5) is 0 Å². The van der Waals surface area contributed by atoms with Gasteiger partial charge in [-0.05, 0) is 25.0 Å². The van der Waals surface area contributed by atoms with E-state index in [1.165, 1.54) is 0 Å². The lowest BCUT2D eigenvalue weighted by atomic mass is 9.85. The summed E-state index contributed by atoms with van der Waals surface area (Å²) in [4.78, 5) is 15.9. The maximum absolute atomic E-state index is 11.9. The third-order valence-corrected chi connectivity index (χ3v) is 3.38. The third kappa shape index (κ3) is 3.03. The van der Waals surface area contributed by atoms with Crippen molar-refractivity contribution >= 4 is 5.91 Å². The van der Waals surface area contributed by atoms with Gasteiger partial charge in [-0.15, -0.1) is 0 Å². The van der Waals surface area contributed by atoms with E-state index >= 15 is 0 Å². The molecule has 1 saturated carbocycles. The first kappa shape index (κ1) is 12.0. The summed E-state index contributed by atoms with van der Waals surface area (Å²) in [7, 11) is 0. The number of aliphatic hydroxyl groups excluding tert-OH is 1. The van der Waals surface area contributed by atoms with Crippen LogP contribution in [0, 0.1) is 5.92 Å². The summed E-state index contributed by atoms with van der Waals surface area (Å²) in [6.45, 7) is 0.151. The Kier molecular flexibility index (Phi) is 4.09. The molecule has 0 aliphatic heterocycles. The summed E-state index contributed by atoms with van der Waals surface area (Å²) >= 11 is 0. The smallest absolute Gasteiger partial charge is 0.253 e. The van der Waals surface area contributed by atoms with Crippen LogP contribution < -0.4 is 5.32 Å². The average Bonchev–Trinajstić information content (AvgIpc) is 2.40. The van der Waals surface area contributed by atoms with Gasteiger partial charge in [-0.1, -0.05) is 12.8 Å². The van der Waals surface area contributed by atoms with Crippen molar-refractivity contribution in [1.29, 1.82) is 0 Å². The number of hydrogen-bond acceptors (Lipinski definition) is 3. The van der Waals surface area contributed by atoms with Gasteiger partial charge in [-0.3, -0.25) is 9.78 Å². The van der Waals surface area contributed by atoms with Crippen molar-refractivity contribution in [2.24, 2.45) is 5.92 Å². The zero-order chi connectivity index (χ0) is 12.1. The van der Waals surface area contributed by atoms with Crippen LogP contribution in [-0.4, -0.2) is 28.6 Å². The molecule has 2 N–H and O–H groups in total. The minimum atomic E-state index is -0.0940. The maximum atomic E-state index is 11.9. The maximum Gasteiger partial charge on any atom is 0.253 e. The number of nitrogens with one attached hydrogen (secondary N) is 1. The molecule has 4 nitrogen and oxygen atoms in total. The van der Waals surface area contributed by atoms with Gasteiger partial charge in [-0.2, -0.15) is 0 Å². The van der Waals surface area contributed by atoms with E-state index in [1.54, 1.807) is 24.5 Å².